The number of aliphatic hydroxyl groups excluding tert-OH is 2. The Labute approximate surface area is 507 Å². The molecule has 0 heterocycles. The molecule has 3 N–H and O–H groups in total. The number of carbonyl (C=O) groups is 2. The molecule has 81 heavy (non-hydrogen) atoms. The van der Waals surface area contributed by atoms with Gasteiger partial charge in [-0.15, -0.1) is 0 Å². The summed E-state index contributed by atoms with van der Waals surface area (Å²) in [5.41, 5.74) is 0. The van der Waals surface area contributed by atoms with Crippen LogP contribution < -0.4 is 5.32 Å². The van der Waals surface area contributed by atoms with E-state index < -0.39 is 12.1 Å². The molecule has 0 aliphatic rings. The van der Waals surface area contributed by atoms with Crippen molar-refractivity contribution in [1.29, 1.82) is 0 Å². The fraction of sp³-hybridized carbons (Fsp3) is 0.920. The van der Waals surface area contributed by atoms with E-state index in [2.05, 4.69) is 31.3 Å². The third kappa shape index (κ3) is 67.3. The first-order valence-corrected chi connectivity index (χ1v) is 37.1. The molecule has 0 saturated heterocycles. The lowest BCUT2D eigenvalue weighted by atomic mass is 10.0. The Hall–Kier alpha value is -1.66. The lowest BCUT2D eigenvalue weighted by molar-refractivity contribution is -0.143. The van der Waals surface area contributed by atoms with Crippen molar-refractivity contribution >= 4 is 11.9 Å². The molecule has 0 aromatic heterocycles. The van der Waals surface area contributed by atoms with Crippen LogP contribution in [0.25, 0.3) is 0 Å². The largest absolute Gasteiger partial charge is 0.466 e. The smallest absolute Gasteiger partial charge is 0.305 e. The topological polar surface area (TPSA) is 95.9 Å². The van der Waals surface area contributed by atoms with Gasteiger partial charge < -0.3 is 20.3 Å². The second kappa shape index (κ2) is 70.8. The molecule has 0 bridgehead atoms. The maximum absolute atomic E-state index is 12.5. The van der Waals surface area contributed by atoms with Gasteiger partial charge in [-0.25, -0.2) is 0 Å². The van der Waals surface area contributed by atoms with Crippen LogP contribution in [0.2, 0.25) is 0 Å². The van der Waals surface area contributed by atoms with Gasteiger partial charge in [-0.05, 0) is 57.8 Å². The van der Waals surface area contributed by atoms with E-state index in [1.165, 1.54) is 353 Å². The molecule has 0 rings (SSSR count). The van der Waals surface area contributed by atoms with E-state index in [0.29, 0.717) is 19.4 Å². The quantitative estimate of drug-likeness (QED) is 0.0320. The van der Waals surface area contributed by atoms with Crippen molar-refractivity contribution in [1.82, 2.24) is 5.32 Å². The predicted octanol–water partition coefficient (Wildman–Crippen LogP) is 24.1. The Morgan fingerprint density at radius 3 is 0.877 bits per heavy atom. The van der Waals surface area contributed by atoms with Crippen LogP contribution in [0.3, 0.4) is 0 Å². The molecule has 6 nitrogen and oxygen atoms in total. The molecule has 2 unspecified atom stereocenters. The number of esters is 1. The van der Waals surface area contributed by atoms with Crippen molar-refractivity contribution in [2.45, 2.75) is 431 Å². The van der Waals surface area contributed by atoms with Crippen LogP contribution in [0.5, 0.6) is 0 Å². The van der Waals surface area contributed by atoms with Crippen molar-refractivity contribution in [3.8, 4) is 0 Å². The van der Waals surface area contributed by atoms with E-state index >= 15 is 0 Å². The summed E-state index contributed by atoms with van der Waals surface area (Å²) < 4.78 is 5.48. The summed E-state index contributed by atoms with van der Waals surface area (Å²) in [6.45, 7) is 4.94. The fourth-order valence-corrected chi connectivity index (χ4v) is 11.8. The first-order chi connectivity index (χ1) is 40.0. The molecule has 6 heteroatoms. The van der Waals surface area contributed by atoms with Crippen molar-refractivity contribution in [2.24, 2.45) is 0 Å². The molecule has 0 spiro atoms. The third-order valence-corrected chi connectivity index (χ3v) is 17.5. The molecular formula is C75H145NO5. The molecule has 0 saturated carbocycles. The molecule has 0 radical (unpaired) electrons. The summed E-state index contributed by atoms with van der Waals surface area (Å²) in [5, 5.41) is 23.3. The highest BCUT2D eigenvalue weighted by molar-refractivity contribution is 5.76. The average molecular weight is 1140 g/mol. The van der Waals surface area contributed by atoms with Crippen molar-refractivity contribution < 1.29 is 24.5 Å². The monoisotopic (exact) mass is 1140 g/mol. The summed E-state index contributed by atoms with van der Waals surface area (Å²) in [5.74, 6) is -0.0445. The van der Waals surface area contributed by atoms with Gasteiger partial charge in [0.15, 0.2) is 0 Å². The predicted molar refractivity (Wildman–Crippen MR) is 356 cm³/mol. The standard InChI is InChI=1S/C75H145NO5/c1-3-5-7-9-11-13-15-16-17-18-19-20-29-32-35-38-41-44-48-51-55-59-63-67-73(78)72(71-77)76-74(79)68-64-60-56-52-49-45-42-39-36-33-30-27-25-23-21-22-24-26-28-31-34-37-40-43-46-50-54-58-62-66-70-81-75(80)69-65-61-57-53-47-14-12-10-8-6-4-2/h22,24,63,67,72-73,77-78H,3-21,23,25-62,64-66,68-71H2,1-2H3,(H,76,79)/b24-22-,67-63+. The van der Waals surface area contributed by atoms with E-state index in [1.54, 1.807) is 6.08 Å². The first kappa shape index (κ1) is 79.3. The number of hydrogen-bond acceptors (Lipinski definition) is 5. The number of unbranched alkanes of at least 4 members (excludes halogenated alkanes) is 57. The lowest BCUT2D eigenvalue weighted by Gasteiger charge is -2.20. The van der Waals surface area contributed by atoms with Crippen LogP contribution in [0, 0.1) is 0 Å². The molecule has 0 aliphatic carbocycles. The van der Waals surface area contributed by atoms with Crippen LogP contribution in [0.4, 0.5) is 0 Å². The third-order valence-electron chi connectivity index (χ3n) is 17.5. The van der Waals surface area contributed by atoms with E-state index in [-0.39, 0.29) is 18.5 Å². The van der Waals surface area contributed by atoms with E-state index in [1.807, 2.05) is 6.08 Å². The van der Waals surface area contributed by atoms with Gasteiger partial charge in [0.2, 0.25) is 5.91 Å². The minimum Gasteiger partial charge on any atom is -0.466 e. The number of aliphatic hydroxyl groups is 2. The first-order valence-electron chi connectivity index (χ1n) is 37.1. The minimum absolute atomic E-state index is 0.0172. The van der Waals surface area contributed by atoms with Gasteiger partial charge in [0, 0.05) is 12.8 Å². The fourth-order valence-electron chi connectivity index (χ4n) is 11.8. The zero-order valence-corrected chi connectivity index (χ0v) is 55.0. The molecular weight excluding hydrogens is 995 g/mol. The summed E-state index contributed by atoms with van der Waals surface area (Å²) in [6, 6.07) is -0.628. The van der Waals surface area contributed by atoms with Gasteiger partial charge in [0.1, 0.15) is 0 Å². The number of rotatable bonds is 70. The van der Waals surface area contributed by atoms with Crippen LogP contribution in [0.15, 0.2) is 24.3 Å². The summed E-state index contributed by atoms with van der Waals surface area (Å²) in [7, 11) is 0. The Kier molecular flexibility index (Phi) is 69.4. The lowest BCUT2D eigenvalue weighted by Crippen LogP contribution is -2.45. The molecule has 0 fully saturated rings. The van der Waals surface area contributed by atoms with Crippen LogP contribution in [0.1, 0.15) is 418 Å². The van der Waals surface area contributed by atoms with Crippen LogP contribution >= 0.6 is 0 Å². The molecule has 1 amide bonds. The minimum atomic E-state index is -0.844. The molecule has 0 aromatic carbocycles. The van der Waals surface area contributed by atoms with Crippen molar-refractivity contribution in [3.63, 3.8) is 0 Å². The highest BCUT2D eigenvalue weighted by atomic mass is 16.5. The summed E-state index contributed by atoms with van der Waals surface area (Å²) in [6.07, 6.45) is 89.9. The van der Waals surface area contributed by atoms with Gasteiger partial charge in [0.05, 0.1) is 25.4 Å². The number of hydrogen-bond donors (Lipinski definition) is 3. The van der Waals surface area contributed by atoms with E-state index in [9.17, 15) is 19.8 Å². The Bertz CT molecular complexity index is 1270. The van der Waals surface area contributed by atoms with E-state index in [0.717, 1.165) is 38.5 Å². The highest BCUT2D eigenvalue weighted by Crippen LogP contribution is 2.19. The average Bonchev–Trinajstić information content (AvgIpc) is 3.47. The molecule has 0 aromatic rings. The SMILES string of the molecule is CCCCCCCCCCCCCCCCCCCCCCC/C=C/C(O)C(CO)NC(=O)CCCCCCCCCCCCCCCC/C=C\CCCCCCCCCCCCCCOC(=O)CCCCCCCCCCCCC. The Balaban J connectivity index is 3.40. The maximum Gasteiger partial charge on any atom is 0.305 e. The van der Waals surface area contributed by atoms with Crippen molar-refractivity contribution in [2.75, 3.05) is 13.2 Å². The van der Waals surface area contributed by atoms with Gasteiger partial charge >= 0.3 is 5.97 Å². The van der Waals surface area contributed by atoms with Crippen LogP contribution in [-0.2, 0) is 14.3 Å². The van der Waals surface area contributed by atoms with Crippen LogP contribution in [-0.4, -0.2) is 47.4 Å². The second-order valence-electron chi connectivity index (χ2n) is 25.6. The van der Waals surface area contributed by atoms with Gasteiger partial charge in [-0.2, -0.15) is 0 Å². The summed E-state index contributed by atoms with van der Waals surface area (Å²) in [4.78, 5) is 24.6. The van der Waals surface area contributed by atoms with Gasteiger partial charge in [-0.3, -0.25) is 9.59 Å². The highest BCUT2D eigenvalue weighted by Gasteiger charge is 2.18. The summed E-state index contributed by atoms with van der Waals surface area (Å²) >= 11 is 0. The van der Waals surface area contributed by atoms with Gasteiger partial charge in [0.25, 0.3) is 0 Å². The number of amides is 1. The Morgan fingerprint density at radius 1 is 0.333 bits per heavy atom. The number of allylic oxidation sites excluding steroid dienone is 3. The molecule has 2 atom stereocenters. The molecule has 0 aliphatic heterocycles. The Morgan fingerprint density at radius 2 is 0.580 bits per heavy atom. The zero-order chi connectivity index (χ0) is 58.5. The second-order valence-corrected chi connectivity index (χ2v) is 25.6. The normalized spacial score (nSPS) is 12.6. The number of ether oxygens (including phenoxy) is 1. The zero-order valence-electron chi connectivity index (χ0n) is 55.0. The number of nitrogens with one attached hydrogen (secondary N) is 1. The number of carbonyl (C=O) groups excluding carboxylic acids is 2. The van der Waals surface area contributed by atoms with E-state index in [4.69, 9.17) is 4.74 Å². The van der Waals surface area contributed by atoms with Crippen molar-refractivity contribution in [3.05, 3.63) is 24.3 Å². The van der Waals surface area contributed by atoms with Gasteiger partial charge in [-0.1, -0.05) is 372 Å². The maximum atomic E-state index is 12.5. The molecule has 480 valence electrons.